The molecule has 1 amide bonds. The van der Waals surface area contributed by atoms with E-state index in [9.17, 15) is 9.59 Å². The number of nitrogens with one attached hydrogen (secondary N) is 1. The lowest BCUT2D eigenvalue weighted by Gasteiger charge is -2.08. The van der Waals surface area contributed by atoms with Crippen LogP contribution >= 0.6 is 0 Å². The molecule has 0 aromatic carbocycles. The molecule has 94 valence electrons. The smallest absolute Gasteiger partial charge is 0.325 e. The van der Waals surface area contributed by atoms with Gasteiger partial charge in [-0.1, -0.05) is 5.16 Å². The molecular formula is C11H16N2O4. The van der Waals surface area contributed by atoms with Crippen molar-refractivity contribution in [2.45, 2.75) is 39.7 Å². The van der Waals surface area contributed by atoms with Gasteiger partial charge in [-0.2, -0.15) is 0 Å². The van der Waals surface area contributed by atoms with Gasteiger partial charge in [0.05, 0.1) is 5.69 Å². The molecule has 6 nitrogen and oxygen atoms in total. The highest BCUT2D eigenvalue weighted by atomic mass is 16.5. The third-order valence-electron chi connectivity index (χ3n) is 2.53. The second-order valence-corrected chi connectivity index (χ2v) is 3.93. The maximum atomic E-state index is 11.5. The fourth-order valence-corrected chi connectivity index (χ4v) is 1.47. The van der Waals surface area contributed by atoms with E-state index in [2.05, 4.69) is 10.5 Å². The minimum Gasteiger partial charge on any atom is -0.480 e. The number of carbonyl (C=O) groups is 2. The van der Waals surface area contributed by atoms with Crippen LogP contribution in [0.3, 0.4) is 0 Å². The first-order valence-corrected chi connectivity index (χ1v) is 5.35. The number of aryl methyl sites for hydroxylation is 2. The van der Waals surface area contributed by atoms with E-state index in [-0.39, 0.29) is 12.3 Å². The first-order chi connectivity index (χ1) is 7.91. The van der Waals surface area contributed by atoms with Crippen molar-refractivity contribution in [1.29, 1.82) is 0 Å². The van der Waals surface area contributed by atoms with Crippen LogP contribution < -0.4 is 5.32 Å². The minimum absolute atomic E-state index is 0.223. The molecule has 1 rings (SSSR count). The van der Waals surface area contributed by atoms with E-state index in [1.54, 1.807) is 6.92 Å². The molecule has 0 bridgehead atoms. The second-order valence-electron chi connectivity index (χ2n) is 3.93. The van der Waals surface area contributed by atoms with E-state index in [0.29, 0.717) is 12.2 Å². The monoisotopic (exact) mass is 240 g/mol. The number of aromatic nitrogens is 1. The second kappa shape index (κ2) is 5.47. The van der Waals surface area contributed by atoms with Crippen molar-refractivity contribution in [3.05, 3.63) is 17.0 Å². The number of carboxylic acid groups (broad SMARTS) is 1. The van der Waals surface area contributed by atoms with Crippen molar-refractivity contribution >= 4 is 11.9 Å². The fraction of sp³-hybridized carbons (Fsp3) is 0.545. The molecule has 6 heteroatoms. The molecule has 0 aliphatic heterocycles. The molecule has 0 radical (unpaired) electrons. The standard InChI is InChI=1S/C11H16N2O4/c1-6-9(8(3)17-13-6)4-5-10(14)12-7(2)11(15)16/h7H,4-5H2,1-3H3,(H,12,14)(H,15,16)/t7-/m0/s1. The van der Waals surface area contributed by atoms with Crippen molar-refractivity contribution in [3.63, 3.8) is 0 Å². The molecule has 1 heterocycles. The normalized spacial score (nSPS) is 12.2. The summed E-state index contributed by atoms with van der Waals surface area (Å²) >= 11 is 0. The van der Waals surface area contributed by atoms with Crippen molar-refractivity contribution < 1.29 is 19.2 Å². The van der Waals surface area contributed by atoms with E-state index in [4.69, 9.17) is 9.63 Å². The Hall–Kier alpha value is -1.85. The Morgan fingerprint density at radius 3 is 2.59 bits per heavy atom. The summed E-state index contributed by atoms with van der Waals surface area (Å²) in [5, 5.41) is 14.8. The van der Waals surface area contributed by atoms with Gasteiger partial charge in [-0.05, 0) is 27.2 Å². The minimum atomic E-state index is -1.05. The average Bonchev–Trinajstić information content (AvgIpc) is 2.56. The summed E-state index contributed by atoms with van der Waals surface area (Å²) in [5.74, 6) is -0.642. The number of aliphatic carboxylic acids is 1. The lowest BCUT2D eigenvalue weighted by atomic mass is 10.1. The Morgan fingerprint density at radius 2 is 2.12 bits per heavy atom. The maximum absolute atomic E-state index is 11.5. The third-order valence-corrected chi connectivity index (χ3v) is 2.53. The summed E-state index contributed by atoms with van der Waals surface area (Å²) in [7, 11) is 0. The van der Waals surface area contributed by atoms with Gasteiger partial charge in [-0.3, -0.25) is 9.59 Å². The van der Waals surface area contributed by atoms with E-state index in [1.165, 1.54) is 6.92 Å². The highest BCUT2D eigenvalue weighted by Crippen LogP contribution is 2.14. The molecule has 0 saturated carbocycles. The van der Waals surface area contributed by atoms with Crippen LogP contribution in [0.1, 0.15) is 30.4 Å². The Morgan fingerprint density at radius 1 is 1.47 bits per heavy atom. The van der Waals surface area contributed by atoms with Crippen LogP contribution in [-0.2, 0) is 16.0 Å². The summed E-state index contributed by atoms with van der Waals surface area (Å²) < 4.78 is 4.97. The van der Waals surface area contributed by atoms with Gasteiger partial charge in [0, 0.05) is 12.0 Å². The number of rotatable bonds is 5. The van der Waals surface area contributed by atoms with Gasteiger partial charge in [-0.15, -0.1) is 0 Å². The van der Waals surface area contributed by atoms with Gasteiger partial charge in [0.1, 0.15) is 11.8 Å². The quantitative estimate of drug-likeness (QED) is 0.794. The predicted octanol–water partition coefficient (Wildman–Crippen LogP) is 0.813. The van der Waals surface area contributed by atoms with Crippen molar-refractivity contribution in [3.8, 4) is 0 Å². The number of carbonyl (C=O) groups excluding carboxylic acids is 1. The summed E-state index contributed by atoms with van der Waals surface area (Å²) in [5.41, 5.74) is 1.67. The van der Waals surface area contributed by atoms with Crippen LogP contribution in [0.4, 0.5) is 0 Å². The number of hydrogen-bond donors (Lipinski definition) is 2. The van der Waals surface area contributed by atoms with Crippen LogP contribution in [0.25, 0.3) is 0 Å². The molecule has 0 saturated heterocycles. The van der Waals surface area contributed by atoms with Gasteiger partial charge in [0.15, 0.2) is 0 Å². The molecule has 0 fully saturated rings. The maximum Gasteiger partial charge on any atom is 0.325 e. The molecule has 2 N–H and O–H groups in total. The Labute approximate surface area is 99.0 Å². The van der Waals surface area contributed by atoms with E-state index in [0.717, 1.165) is 11.3 Å². The Balaban J connectivity index is 2.46. The predicted molar refractivity (Wildman–Crippen MR) is 59.5 cm³/mol. The Kier molecular flexibility index (Phi) is 4.25. The molecule has 0 aliphatic rings. The summed E-state index contributed by atoms with van der Waals surface area (Å²) in [4.78, 5) is 22.0. The molecule has 17 heavy (non-hydrogen) atoms. The molecule has 0 aliphatic carbocycles. The number of nitrogens with zero attached hydrogens (tertiary/aromatic N) is 1. The van der Waals surface area contributed by atoms with Crippen LogP contribution in [0.2, 0.25) is 0 Å². The number of amides is 1. The third kappa shape index (κ3) is 3.58. The van der Waals surface area contributed by atoms with Crippen molar-refractivity contribution in [1.82, 2.24) is 10.5 Å². The highest BCUT2D eigenvalue weighted by Gasteiger charge is 2.15. The molecular weight excluding hydrogens is 224 g/mol. The van der Waals surface area contributed by atoms with E-state index in [1.807, 2.05) is 6.92 Å². The van der Waals surface area contributed by atoms with Crippen LogP contribution in [0.5, 0.6) is 0 Å². The molecule has 1 aromatic rings. The van der Waals surface area contributed by atoms with E-state index < -0.39 is 12.0 Å². The highest BCUT2D eigenvalue weighted by molar-refractivity contribution is 5.83. The summed E-state index contributed by atoms with van der Waals surface area (Å²) in [6.07, 6.45) is 0.722. The zero-order chi connectivity index (χ0) is 13.0. The lowest BCUT2D eigenvalue weighted by Crippen LogP contribution is -2.38. The van der Waals surface area contributed by atoms with Crippen molar-refractivity contribution in [2.24, 2.45) is 0 Å². The molecule has 1 atom stereocenters. The largest absolute Gasteiger partial charge is 0.480 e. The first kappa shape index (κ1) is 13.2. The van der Waals surface area contributed by atoms with Crippen LogP contribution in [0, 0.1) is 13.8 Å². The molecule has 1 aromatic heterocycles. The lowest BCUT2D eigenvalue weighted by molar-refractivity contribution is -0.141. The zero-order valence-electron chi connectivity index (χ0n) is 10.1. The van der Waals surface area contributed by atoms with Gasteiger partial charge < -0.3 is 14.9 Å². The molecule has 0 spiro atoms. The number of carboxylic acids is 1. The average molecular weight is 240 g/mol. The zero-order valence-corrected chi connectivity index (χ0v) is 10.1. The Bertz CT molecular complexity index is 406. The summed E-state index contributed by atoms with van der Waals surface area (Å²) in [6.45, 7) is 5.02. The first-order valence-electron chi connectivity index (χ1n) is 5.35. The number of hydrogen-bond acceptors (Lipinski definition) is 4. The van der Waals surface area contributed by atoms with Crippen LogP contribution in [-0.4, -0.2) is 28.2 Å². The van der Waals surface area contributed by atoms with Gasteiger partial charge >= 0.3 is 5.97 Å². The molecule has 0 unspecified atom stereocenters. The fourth-order valence-electron chi connectivity index (χ4n) is 1.47. The van der Waals surface area contributed by atoms with Gasteiger partial charge in [0.2, 0.25) is 5.91 Å². The van der Waals surface area contributed by atoms with Crippen molar-refractivity contribution in [2.75, 3.05) is 0 Å². The topological polar surface area (TPSA) is 92.4 Å². The van der Waals surface area contributed by atoms with E-state index >= 15 is 0 Å². The summed E-state index contributed by atoms with van der Waals surface area (Å²) in [6, 6.07) is -0.868. The van der Waals surface area contributed by atoms with Gasteiger partial charge in [-0.25, -0.2) is 0 Å². The SMILES string of the molecule is Cc1noc(C)c1CCC(=O)N[C@@H](C)C(=O)O. The van der Waals surface area contributed by atoms with Crippen LogP contribution in [0.15, 0.2) is 4.52 Å². The van der Waals surface area contributed by atoms with Gasteiger partial charge in [0.25, 0.3) is 0 Å².